The minimum absolute atomic E-state index is 0.0728. The number of benzene rings is 1. The zero-order chi connectivity index (χ0) is 15.6. The first-order valence-corrected chi connectivity index (χ1v) is 8.40. The highest BCUT2D eigenvalue weighted by Gasteiger charge is 2.21. The molecule has 21 heavy (non-hydrogen) atoms. The summed E-state index contributed by atoms with van der Waals surface area (Å²) in [6.45, 7) is 3.52. The molecule has 2 rings (SSSR count). The number of aromatic nitrogens is 2. The monoisotopic (exact) mass is 330 g/mol. The predicted octanol–water partition coefficient (Wildman–Crippen LogP) is 1.81. The number of anilines is 1. The first-order chi connectivity index (χ1) is 9.83. The van der Waals surface area contributed by atoms with Gasteiger partial charge in [-0.1, -0.05) is 11.3 Å². The van der Waals surface area contributed by atoms with Crippen LogP contribution in [0.1, 0.15) is 16.1 Å². The Kier molecular flexibility index (Phi) is 4.55. The molecule has 0 atom stereocenters. The van der Waals surface area contributed by atoms with Gasteiger partial charge in [0.15, 0.2) is 0 Å². The van der Waals surface area contributed by atoms with Gasteiger partial charge in [0, 0.05) is 12.1 Å². The average molecular weight is 330 g/mol. The van der Waals surface area contributed by atoms with E-state index in [0.29, 0.717) is 17.1 Å². The maximum Gasteiger partial charge on any atom is 0.264 e. The van der Waals surface area contributed by atoms with E-state index in [1.807, 2.05) is 0 Å². The van der Waals surface area contributed by atoms with Crippen molar-refractivity contribution in [1.29, 1.82) is 0 Å². The normalized spacial score (nSPS) is 11.6. The van der Waals surface area contributed by atoms with Gasteiger partial charge in [-0.15, -0.1) is 10.2 Å². The van der Waals surface area contributed by atoms with Crippen LogP contribution in [-0.4, -0.2) is 25.7 Å². The zero-order valence-electron chi connectivity index (χ0n) is 11.8. The molecule has 0 fully saturated rings. The fourth-order valence-corrected chi connectivity index (χ4v) is 3.93. The summed E-state index contributed by atoms with van der Waals surface area (Å²) in [5.41, 5.74) is 0.623. The van der Waals surface area contributed by atoms with Crippen LogP contribution in [0, 0.1) is 19.7 Å². The number of hydrogen-bond acceptors (Lipinski definition) is 6. The van der Waals surface area contributed by atoms with Crippen molar-refractivity contribution in [2.75, 3.05) is 11.8 Å². The summed E-state index contributed by atoms with van der Waals surface area (Å²) in [7, 11) is -2.20. The quantitative estimate of drug-likeness (QED) is 0.873. The van der Waals surface area contributed by atoms with Gasteiger partial charge in [-0.05, 0) is 38.6 Å². The Hall–Kier alpha value is -1.58. The Bertz CT molecular complexity index is 759. The lowest BCUT2D eigenvalue weighted by Gasteiger charge is -2.11. The van der Waals surface area contributed by atoms with Gasteiger partial charge in [0.2, 0.25) is 5.13 Å². The lowest BCUT2D eigenvalue weighted by Crippen LogP contribution is -2.16. The second-order valence-electron chi connectivity index (χ2n) is 4.46. The van der Waals surface area contributed by atoms with E-state index in [-0.39, 0.29) is 15.6 Å². The zero-order valence-corrected chi connectivity index (χ0v) is 13.4. The minimum Gasteiger partial charge on any atom is -0.316 e. The minimum atomic E-state index is -3.90. The molecule has 9 heteroatoms. The highest BCUT2D eigenvalue weighted by atomic mass is 32.2. The standard InChI is InChI=1S/C12H15FN4O2S2/c1-7-10(13)4-9(6-14-3)5-11(7)21(18,19)17-12-16-15-8(2)20-12/h4-5,14H,6H2,1-3H3,(H,16,17). The van der Waals surface area contributed by atoms with Crippen molar-refractivity contribution in [1.82, 2.24) is 15.5 Å². The Morgan fingerprint density at radius 3 is 2.57 bits per heavy atom. The van der Waals surface area contributed by atoms with Crippen molar-refractivity contribution >= 4 is 26.5 Å². The molecule has 0 saturated heterocycles. The predicted molar refractivity (Wildman–Crippen MR) is 79.4 cm³/mol. The van der Waals surface area contributed by atoms with Gasteiger partial charge < -0.3 is 5.32 Å². The molecule has 2 aromatic rings. The van der Waals surface area contributed by atoms with Gasteiger partial charge in [-0.3, -0.25) is 4.72 Å². The smallest absolute Gasteiger partial charge is 0.264 e. The molecule has 2 N–H and O–H groups in total. The van der Waals surface area contributed by atoms with Crippen molar-refractivity contribution in [3.05, 3.63) is 34.1 Å². The summed E-state index contributed by atoms with van der Waals surface area (Å²) >= 11 is 1.12. The van der Waals surface area contributed by atoms with Gasteiger partial charge in [0.25, 0.3) is 10.0 Å². The first kappa shape index (κ1) is 15.8. The van der Waals surface area contributed by atoms with Gasteiger partial charge in [-0.25, -0.2) is 12.8 Å². The molecular weight excluding hydrogens is 315 g/mol. The van der Waals surface area contributed by atoms with E-state index in [1.54, 1.807) is 14.0 Å². The number of rotatable bonds is 5. The van der Waals surface area contributed by atoms with E-state index in [0.717, 1.165) is 11.3 Å². The Morgan fingerprint density at radius 2 is 2.00 bits per heavy atom. The Labute approximate surface area is 126 Å². The van der Waals surface area contributed by atoms with Crippen LogP contribution in [0.25, 0.3) is 0 Å². The molecule has 0 aliphatic rings. The second-order valence-corrected chi connectivity index (χ2v) is 7.30. The van der Waals surface area contributed by atoms with Gasteiger partial charge in [0.1, 0.15) is 10.8 Å². The molecule has 1 heterocycles. The van der Waals surface area contributed by atoms with Crippen LogP contribution in [0.2, 0.25) is 0 Å². The fraction of sp³-hybridized carbons (Fsp3) is 0.333. The van der Waals surface area contributed by atoms with Crippen molar-refractivity contribution in [3.8, 4) is 0 Å². The van der Waals surface area contributed by atoms with Crippen LogP contribution in [0.5, 0.6) is 0 Å². The Balaban J connectivity index is 2.43. The third-order valence-electron chi connectivity index (χ3n) is 2.77. The topological polar surface area (TPSA) is 84.0 Å². The summed E-state index contributed by atoms with van der Waals surface area (Å²) in [4.78, 5) is -0.0967. The van der Waals surface area contributed by atoms with Crippen LogP contribution in [0.4, 0.5) is 9.52 Å². The van der Waals surface area contributed by atoms with Crippen molar-refractivity contribution in [2.24, 2.45) is 0 Å². The van der Waals surface area contributed by atoms with E-state index in [1.165, 1.54) is 19.1 Å². The van der Waals surface area contributed by atoms with E-state index in [4.69, 9.17) is 0 Å². The maximum atomic E-state index is 13.9. The summed E-state index contributed by atoms with van der Waals surface area (Å²) in [6.07, 6.45) is 0. The molecule has 0 spiro atoms. The van der Waals surface area contributed by atoms with E-state index >= 15 is 0 Å². The number of hydrogen-bond donors (Lipinski definition) is 2. The number of sulfonamides is 1. The molecule has 1 aromatic carbocycles. The fourth-order valence-electron chi connectivity index (χ4n) is 1.80. The SMILES string of the molecule is CNCc1cc(F)c(C)c(S(=O)(=O)Nc2nnc(C)s2)c1. The van der Waals surface area contributed by atoms with Gasteiger partial charge >= 0.3 is 0 Å². The Morgan fingerprint density at radius 1 is 1.29 bits per heavy atom. The molecule has 6 nitrogen and oxygen atoms in total. The van der Waals surface area contributed by atoms with Crippen molar-refractivity contribution < 1.29 is 12.8 Å². The summed E-state index contributed by atoms with van der Waals surface area (Å²) in [5.74, 6) is -0.559. The van der Waals surface area contributed by atoms with Crippen LogP contribution >= 0.6 is 11.3 Å². The molecule has 0 aliphatic carbocycles. The lowest BCUT2D eigenvalue weighted by atomic mass is 10.1. The molecule has 0 radical (unpaired) electrons. The summed E-state index contributed by atoms with van der Waals surface area (Å²) in [6, 6.07) is 2.77. The van der Waals surface area contributed by atoms with E-state index in [2.05, 4.69) is 20.2 Å². The number of nitrogens with one attached hydrogen (secondary N) is 2. The van der Waals surface area contributed by atoms with Crippen LogP contribution in [0.15, 0.2) is 17.0 Å². The highest BCUT2D eigenvalue weighted by Crippen LogP contribution is 2.24. The molecule has 0 amide bonds. The lowest BCUT2D eigenvalue weighted by molar-refractivity contribution is 0.588. The van der Waals surface area contributed by atoms with Crippen LogP contribution < -0.4 is 10.0 Å². The van der Waals surface area contributed by atoms with Gasteiger partial charge in [0.05, 0.1) is 4.90 Å². The van der Waals surface area contributed by atoms with E-state index < -0.39 is 15.8 Å². The molecule has 1 aromatic heterocycles. The third-order valence-corrected chi connectivity index (χ3v) is 5.12. The highest BCUT2D eigenvalue weighted by molar-refractivity contribution is 7.93. The van der Waals surface area contributed by atoms with Gasteiger partial charge in [-0.2, -0.15) is 0 Å². The molecule has 114 valence electrons. The summed E-state index contributed by atoms with van der Waals surface area (Å²) < 4.78 is 41.0. The van der Waals surface area contributed by atoms with Crippen LogP contribution in [0.3, 0.4) is 0 Å². The molecule has 0 saturated carbocycles. The first-order valence-electron chi connectivity index (χ1n) is 6.10. The second kappa shape index (κ2) is 6.04. The summed E-state index contributed by atoms with van der Waals surface area (Å²) in [5, 5.41) is 11.1. The number of halogens is 1. The molecule has 0 aliphatic heterocycles. The number of nitrogens with zero attached hydrogens (tertiary/aromatic N) is 2. The van der Waals surface area contributed by atoms with Crippen LogP contribution in [-0.2, 0) is 16.6 Å². The molecule has 0 bridgehead atoms. The maximum absolute atomic E-state index is 13.9. The van der Waals surface area contributed by atoms with Crippen molar-refractivity contribution in [2.45, 2.75) is 25.3 Å². The van der Waals surface area contributed by atoms with E-state index in [9.17, 15) is 12.8 Å². The molecular formula is C12H15FN4O2S2. The average Bonchev–Trinajstić information content (AvgIpc) is 2.78. The largest absolute Gasteiger partial charge is 0.316 e. The third kappa shape index (κ3) is 3.55. The molecule has 0 unspecified atom stereocenters. The van der Waals surface area contributed by atoms with Crippen molar-refractivity contribution in [3.63, 3.8) is 0 Å². The number of aryl methyl sites for hydroxylation is 1.